The Kier molecular flexibility index (Phi) is 18.6. The van der Waals surface area contributed by atoms with Gasteiger partial charge in [-0.25, -0.2) is 4.79 Å². The molecule has 0 unspecified atom stereocenters. The lowest BCUT2D eigenvalue weighted by Gasteiger charge is -2.04. The number of ether oxygens (including phenoxy) is 1. The number of allylic oxidation sites excluding steroid dienone is 7. The van der Waals surface area contributed by atoms with Crippen LogP contribution in [0, 0.1) is 0 Å². The van der Waals surface area contributed by atoms with Gasteiger partial charge in [0, 0.05) is 5.57 Å². The standard InChI is InChI=1S/C24H40O2/c1-4-7-8-9-10-11-12-13-14-15-16-17-18-19-20-21-22-23(5-2)24(25)26-6-3/h7-8,10-11,13-14,22H,4-6,9,12,15-21H2,1-3H3/b8-7-,11-10-,14-13-,23-22+. The summed E-state index contributed by atoms with van der Waals surface area (Å²) in [5, 5.41) is 0. The Hall–Kier alpha value is -1.57. The molecule has 0 radical (unpaired) electrons. The highest BCUT2D eigenvalue weighted by Gasteiger charge is 2.06. The van der Waals surface area contributed by atoms with Gasteiger partial charge in [0.25, 0.3) is 0 Å². The van der Waals surface area contributed by atoms with E-state index in [-0.39, 0.29) is 5.97 Å². The number of hydrogen-bond acceptors (Lipinski definition) is 2. The minimum atomic E-state index is -0.144. The van der Waals surface area contributed by atoms with Crippen molar-refractivity contribution in [2.24, 2.45) is 0 Å². The molecule has 0 bridgehead atoms. The Labute approximate surface area is 162 Å². The third-order valence-electron chi connectivity index (χ3n) is 4.16. The van der Waals surface area contributed by atoms with Crippen molar-refractivity contribution in [3.63, 3.8) is 0 Å². The summed E-state index contributed by atoms with van der Waals surface area (Å²) in [6.07, 6.45) is 28.0. The van der Waals surface area contributed by atoms with E-state index >= 15 is 0 Å². The second-order valence-corrected chi connectivity index (χ2v) is 6.44. The summed E-state index contributed by atoms with van der Waals surface area (Å²) in [6, 6.07) is 0. The first-order chi connectivity index (χ1) is 12.8. The molecule has 0 amide bonds. The Morgan fingerprint density at radius 3 is 1.92 bits per heavy atom. The van der Waals surface area contributed by atoms with Crippen LogP contribution in [0.3, 0.4) is 0 Å². The van der Waals surface area contributed by atoms with Crippen molar-refractivity contribution >= 4 is 5.97 Å². The summed E-state index contributed by atoms with van der Waals surface area (Å²) in [6.45, 7) is 6.48. The fourth-order valence-corrected chi connectivity index (χ4v) is 2.64. The van der Waals surface area contributed by atoms with Gasteiger partial charge in [0.2, 0.25) is 0 Å². The van der Waals surface area contributed by atoms with E-state index in [1.54, 1.807) is 0 Å². The molecule has 0 aromatic rings. The molecule has 0 rings (SSSR count). The minimum absolute atomic E-state index is 0.144. The second kappa shape index (κ2) is 19.8. The SMILES string of the molecule is CC/C=C\C/C=C\C/C=C\CCCCCCC/C=C(\CC)C(=O)OCC. The zero-order valence-electron chi connectivity index (χ0n) is 17.3. The highest BCUT2D eigenvalue weighted by Crippen LogP contribution is 2.11. The van der Waals surface area contributed by atoms with Gasteiger partial charge in [-0.1, -0.05) is 75.6 Å². The number of hydrogen-bond donors (Lipinski definition) is 0. The molecule has 0 saturated carbocycles. The van der Waals surface area contributed by atoms with E-state index in [0.29, 0.717) is 6.61 Å². The van der Waals surface area contributed by atoms with Crippen molar-refractivity contribution in [1.82, 2.24) is 0 Å². The van der Waals surface area contributed by atoms with Crippen molar-refractivity contribution in [3.05, 3.63) is 48.1 Å². The van der Waals surface area contributed by atoms with Gasteiger partial charge in [-0.3, -0.25) is 0 Å². The maximum atomic E-state index is 11.7. The van der Waals surface area contributed by atoms with Crippen LogP contribution in [0.1, 0.15) is 91.4 Å². The molecule has 0 aromatic heterocycles. The Bertz CT molecular complexity index is 441. The number of carbonyl (C=O) groups excluding carboxylic acids is 1. The van der Waals surface area contributed by atoms with Crippen LogP contribution in [0.5, 0.6) is 0 Å². The van der Waals surface area contributed by atoms with E-state index in [0.717, 1.165) is 44.1 Å². The van der Waals surface area contributed by atoms with E-state index in [2.05, 4.69) is 49.5 Å². The highest BCUT2D eigenvalue weighted by atomic mass is 16.5. The fourth-order valence-electron chi connectivity index (χ4n) is 2.64. The lowest BCUT2D eigenvalue weighted by molar-refractivity contribution is -0.138. The monoisotopic (exact) mass is 360 g/mol. The minimum Gasteiger partial charge on any atom is -0.463 e. The maximum absolute atomic E-state index is 11.7. The van der Waals surface area contributed by atoms with Crippen LogP contribution < -0.4 is 0 Å². The average Bonchev–Trinajstić information content (AvgIpc) is 2.64. The molecule has 0 aliphatic heterocycles. The van der Waals surface area contributed by atoms with Gasteiger partial charge in [-0.15, -0.1) is 0 Å². The molecule has 148 valence electrons. The predicted octanol–water partition coefficient (Wildman–Crippen LogP) is 7.48. The molecule has 0 aromatic carbocycles. The first-order valence-corrected chi connectivity index (χ1v) is 10.6. The Balaban J connectivity index is 3.54. The van der Waals surface area contributed by atoms with Crippen molar-refractivity contribution in [2.45, 2.75) is 91.4 Å². The smallest absolute Gasteiger partial charge is 0.333 e. The Morgan fingerprint density at radius 2 is 1.31 bits per heavy atom. The summed E-state index contributed by atoms with van der Waals surface area (Å²) in [5.74, 6) is -0.144. The molecule has 0 aliphatic rings. The van der Waals surface area contributed by atoms with E-state index in [4.69, 9.17) is 4.74 Å². The summed E-state index contributed by atoms with van der Waals surface area (Å²) < 4.78 is 5.05. The van der Waals surface area contributed by atoms with Gasteiger partial charge >= 0.3 is 5.97 Å². The first kappa shape index (κ1) is 24.4. The molecule has 0 spiro atoms. The maximum Gasteiger partial charge on any atom is 0.333 e. The van der Waals surface area contributed by atoms with Crippen molar-refractivity contribution in [2.75, 3.05) is 6.61 Å². The number of carbonyl (C=O) groups is 1. The Morgan fingerprint density at radius 1 is 0.731 bits per heavy atom. The third-order valence-corrected chi connectivity index (χ3v) is 4.16. The average molecular weight is 361 g/mol. The predicted molar refractivity (Wildman–Crippen MR) is 114 cm³/mol. The number of rotatable bonds is 16. The fraction of sp³-hybridized carbons (Fsp3) is 0.625. The quantitative estimate of drug-likeness (QED) is 0.123. The van der Waals surface area contributed by atoms with Crippen LogP contribution in [0.4, 0.5) is 0 Å². The topological polar surface area (TPSA) is 26.3 Å². The van der Waals surface area contributed by atoms with Crippen molar-refractivity contribution in [1.29, 1.82) is 0 Å². The van der Waals surface area contributed by atoms with Gasteiger partial charge in [0.1, 0.15) is 0 Å². The molecule has 0 aliphatic carbocycles. The zero-order valence-corrected chi connectivity index (χ0v) is 17.3. The zero-order chi connectivity index (χ0) is 19.3. The molecular weight excluding hydrogens is 320 g/mol. The summed E-state index contributed by atoms with van der Waals surface area (Å²) in [4.78, 5) is 11.7. The molecule has 2 heteroatoms. The summed E-state index contributed by atoms with van der Waals surface area (Å²) in [7, 11) is 0. The van der Waals surface area contributed by atoms with Crippen LogP contribution in [0.2, 0.25) is 0 Å². The molecule has 26 heavy (non-hydrogen) atoms. The lowest BCUT2D eigenvalue weighted by Crippen LogP contribution is -2.06. The van der Waals surface area contributed by atoms with Crippen LogP contribution in [0.15, 0.2) is 48.1 Å². The molecule has 0 heterocycles. The van der Waals surface area contributed by atoms with Crippen LogP contribution >= 0.6 is 0 Å². The van der Waals surface area contributed by atoms with Crippen molar-refractivity contribution < 1.29 is 9.53 Å². The normalized spacial score (nSPS) is 12.7. The largest absolute Gasteiger partial charge is 0.463 e. The number of esters is 1. The first-order valence-electron chi connectivity index (χ1n) is 10.6. The van der Waals surface area contributed by atoms with Crippen LogP contribution in [-0.2, 0) is 9.53 Å². The molecule has 0 saturated heterocycles. The molecular formula is C24H40O2. The third kappa shape index (κ3) is 15.9. The van der Waals surface area contributed by atoms with Crippen LogP contribution in [0.25, 0.3) is 0 Å². The van der Waals surface area contributed by atoms with Gasteiger partial charge in [-0.2, -0.15) is 0 Å². The second-order valence-electron chi connectivity index (χ2n) is 6.44. The van der Waals surface area contributed by atoms with E-state index in [1.807, 2.05) is 13.8 Å². The van der Waals surface area contributed by atoms with E-state index in [9.17, 15) is 4.79 Å². The molecule has 0 fully saturated rings. The lowest BCUT2D eigenvalue weighted by atomic mass is 10.1. The number of unbranched alkanes of at least 4 members (excludes halogenated alkanes) is 6. The molecule has 2 nitrogen and oxygen atoms in total. The van der Waals surface area contributed by atoms with Crippen molar-refractivity contribution in [3.8, 4) is 0 Å². The molecule has 0 N–H and O–H groups in total. The van der Waals surface area contributed by atoms with E-state index < -0.39 is 0 Å². The van der Waals surface area contributed by atoms with Gasteiger partial charge in [0.15, 0.2) is 0 Å². The summed E-state index contributed by atoms with van der Waals surface area (Å²) in [5.41, 5.74) is 0.826. The molecule has 0 atom stereocenters. The van der Waals surface area contributed by atoms with Gasteiger partial charge < -0.3 is 4.74 Å². The van der Waals surface area contributed by atoms with E-state index in [1.165, 1.54) is 32.1 Å². The van der Waals surface area contributed by atoms with Gasteiger partial charge in [0.05, 0.1) is 6.61 Å². The highest BCUT2D eigenvalue weighted by molar-refractivity contribution is 5.88. The van der Waals surface area contributed by atoms with Crippen LogP contribution in [-0.4, -0.2) is 12.6 Å². The van der Waals surface area contributed by atoms with Gasteiger partial charge in [-0.05, 0) is 58.3 Å². The summed E-state index contributed by atoms with van der Waals surface area (Å²) >= 11 is 0.